The first-order chi connectivity index (χ1) is 18.1. The van der Waals surface area contributed by atoms with Crippen molar-refractivity contribution in [1.29, 1.82) is 0 Å². The van der Waals surface area contributed by atoms with Crippen LogP contribution >= 0.6 is 0 Å². The lowest BCUT2D eigenvalue weighted by molar-refractivity contribution is -0.120. The van der Waals surface area contributed by atoms with Gasteiger partial charge in [-0.3, -0.25) is 19.7 Å². The maximum atomic E-state index is 12.4. The lowest BCUT2D eigenvalue weighted by Crippen LogP contribution is -2.49. The van der Waals surface area contributed by atoms with Gasteiger partial charge in [0.2, 0.25) is 5.91 Å². The second-order valence-electron chi connectivity index (χ2n) is 12.0. The Morgan fingerprint density at radius 2 is 1.68 bits per heavy atom. The molecule has 4 heterocycles. The van der Waals surface area contributed by atoms with E-state index in [2.05, 4.69) is 27.4 Å². The van der Waals surface area contributed by atoms with Crippen molar-refractivity contribution in [1.82, 2.24) is 20.0 Å². The second kappa shape index (κ2) is 10.5. The number of ether oxygens (including phenoxy) is 1. The van der Waals surface area contributed by atoms with Gasteiger partial charge in [0.05, 0.1) is 5.52 Å². The highest BCUT2D eigenvalue weighted by molar-refractivity contribution is 6.09. The van der Waals surface area contributed by atoms with E-state index in [1.54, 1.807) is 4.90 Å². The summed E-state index contributed by atoms with van der Waals surface area (Å²) in [5.41, 5.74) is 1.70. The summed E-state index contributed by atoms with van der Waals surface area (Å²) < 4.78 is 7.35. The van der Waals surface area contributed by atoms with Gasteiger partial charge in [0.1, 0.15) is 5.60 Å². The zero-order valence-corrected chi connectivity index (χ0v) is 23.0. The summed E-state index contributed by atoms with van der Waals surface area (Å²) >= 11 is 0. The number of hydrogen-bond donors (Lipinski definition) is 1. The third-order valence-electron chi connectivity index (χ3n) is 8.04. The topological polar surface area (TPSA) is 100 Å². The van der Waals surface area contributed by atoms with E-state index in [1.165, 1.54) is 24.9 Å². The summed E-state index contributed by atoms with van der Waals surface area (Å²) in [5.74, 6) is 1.74. The molecule has 0 atom stereocenters. The number of nitrogens with one attached hydrogen (secondary N) is 1. The van der Waals surface area contributed by atoms with Gasteiger partial charge in [0.25, 0.3) is 0 Å². The molecule has 3 fully saturated rings. The highest BCUT2D eigenvalue weighted by Crippen LogP contribution is 2.34. The number of amides is 4. The van der Waals surface area contributed by atoms with Crippen LogP contribution in [0.3, 0.4) is 0 Å². The molecular formula is C28H40N6O4. The first-order valence-electron chi connectivity index (χ1n) is 13.9. The van der Waals surface area contributed by atoms with Crippen molar-refractivity contribution in [2.45, 2.75) is 64.9 Å². The monoisotopic (exact) mass is 524 g/mol. The molecule has 38 heavy (non-hydrogen) atoms. The van der Waals surface area contributed by atoms with Crippen molar-refractivity contribution in [3.05, 3.63) is 18.2 Å². The molecule has 0 aliphatic carbocycles. The number of anilines is 2. The maximum Gasteiger partial charge on any atom is 0.410 e. The average Bonchev–Trinajstić information content (AvgIpc) is 3.19. The molecule has 1 N–H and O–H groups in total. The van der Waals surface area contributed by atoms with Gasteiger partial charge in [-0.05, 0) is 82.9 Å². The van der Waals surface area contributed by atoms with Crippen LogP contribution in [0.5, 0.6) is 0 Å². The molecule has 0 bridgehead atoms. The van der Waals surface area contributed by atoms with E-state index in [0.717, 1.165) is 55.8 Å². The lowest BCUT2D eigenvalue weighted by atomic mass is 9.83. The minimum absolute atomic E-state index is 0.184. The van der Waals surface area contributed by atoms with E-state index in [-0.39, 0.29) is 18.4 Å². The minimum atomic E-state index is -0.447. The molecule has 0 saturated carbocycles. The minimum Gasteiger partial charge on any atom is -0.444 e. The van der Waals surface area contributed by atoms with Gasteiger partial charge in [0.15, 0.2) is 5.82 Å². The Morgan fingerprint density at radius 1 is 1.03 bits per heavy atom. The standard InChI is InChI=1S/C28H40N6O4/c1-28(2,3)38-27(37)33-14-9-20(10-15-33)17-19-7-12-32(13-8-19)21-5-6-22-23(18-21)31(4)30-25(22)34-16-11-24(35)29-26(34)36/h5-6,18-20H,7-17H2,1-4H3,(H,29,35,36). The Bertz CT molecular complexity index is 1200. The predicted octanol–water partition coefficient (Wildman–Crippen LogP) is 4.27. The molecule has 0 spiro atoms. The van der Waals surface area contributed by atoms with Crippen LogP contribution < -0.4 is 15.1 Å². The maximum absolute atomic E-state index is 12.4. The predicted molar refractivity (Wildman–Crippen MR) is 146 cm³/mol. The van der Waals surface area contributed by atoms with Gasteiger partial charge in [-0.15, -0.1) is 0 Å². The molecule has 5 rings (SSSR count). The van der Waals surface area contributed by atoms with E-state index in [1.807, 2.05) is 43.5 Å². The van der Waals surface area contributed by atoms with E-state index >= 15 is 0 Å². The smallest absolute Gasteiger partial charge is 0.410 e. The summed E-state index contributed by atoms with van der Waals surface area (Å²) in [7, 11) is 1.89. The molecule has 3 saturated heterocycles. The van der Waals surface area contributed by atoms with Crippen molar-refractivity contribution < 1.29 is 19.1 Å². The number of likely N-dealkylation sites (tertiary alicyclic amines) is 1. The van der Waals surface area contributed by atoms with Crippen LogP contribution in [0.15, 0.2) is 18.2 Å². The number of aromatic nitrogens is 2. The Kier molecular flexibility index (Phi) is 7.24. The SMILES string of the molecule is Cn1nc(N2CCC(=O)NC2=O)c2ccc(N3CCC(CC4CCN(C(=O)OC(C)(C)C)CC4)CC3)cc21. The van der Waals surface area contributed by atoms with Crippen molar-refractivity contribution in [3.63, 3.8) is 0 Å². The number of hydrogen-bond acceptors (Lipinski definition) is 6. The molecule has 10 heteroatoms. The molecule has 3 aliphatic heterocycles. The van der Waals surface area contributed by atoms with Gasteiger partial charge >= 0.3 is 12.1 Å². The van der Waals surface area contributed by atoms with Crippen LogP contribution in [0.4, 0.5) is 21.1 Å². The number of fused-ring (bicyclic) bond motifs is 1. The van der Waals surface area contributed by atoms with E-state index < -0.39 is 11.6 Å². The van der Waals surface area contributed by atoms with Crippen molar-refractivity contribution >= 4 is 40.4 Å². The summed E-state index contributed by atoms with van der Waals surface area (Å²) in [6.07, 6.45) is 5.78. The van der Waals surface area contributed by atoms with Gasteiger partial charge in [-0.1, -0.05) is 0 Å². The van der Waals surface area contributed by atoms with Gasteiger partial charge in [-0.2, -0.15) is 5.10 Å². The number of carbonyl (C=O) groups is 3. The van der Waals surface area contributed by atoms with E-state index in [0.29, 0.717) is 18.3 Å². The molecule has 10 nitrogen and oxygen atoms in total. The number of rotatable bonds is 4. The fourth-order valence-electron chi connectivity index (χ4n) is 5.96. The quantitative estimate of drug-likeness (QED) is 0.641. The molecule has 206 valence electrons. The number of piperidine rings is 2. The molecule has 4 amide bonds. The van der Waals surface area contributed by atoms with E-state index in [4.69, 9.17) is 4.74 Å². The van der Waals surface area contributed by atoms with Crippen molar-refractivity contribution in [3.8, 4) is 0 Å². The van der Waals surface area contributed by atoms with E-state index in [9.17, 15) is 14.4 Å². The number of carbonyl (C=O) groups excluding carboxylic acids is 3. The van der Waals surface area contributed by atoms with Crippen LogP contribution in [0.25, 0.3) is 10.9 Å². The number of urea groups is 1. The molecule has 2 aromatic rings. The summed E-state index contributed by atoms with van der Waals surface area (Å²) in [5, 5.41) is 7.90. The fourth-order valence-corrected chi connectivity index (χ4v) is 5.96. The highest BCUT2D eigenvalue weighted by Gasteiger charge is 2.30. The molecule has 1 aromatic heterocycles. The number of nitrogens with zero attached hydrogens (tertiary/aromatic N) is 5. The highest BCUT2D eigenvalue weighted by atomic mass is 16.6. The summed E-state index contributed by atoms with van der Waals surface area (Å²) in [6, 6.07) is 5.91. The molecular weight excluding hydrogens is 484 g/mol. The van der Waals surface area contributed by atoms with Gasteiger partial charge < -0.3 is 14.5 Å². The van der Waals surface area contributed by atoms with Crippen molar-refractivity contribution in [2.75, 3.05) is 42.5 Å². The number of aryl methyl sites for hydroxylation is 1. The Morgan fingerprint density at radius 3 is 2.32 bits per heavy atom. The second-order valence-corrected chi connectivity index (χ2v) is 12.0. The fraction of sp³-hybridized carbons (Fsp3) is 0.643. The number of benzene rings is 1. The van der Waals surface area contributed by atoms with Crippen LogP contribution in [0, 0.1) is 11.8 Å². The Labute approximate surface area is 224 Å². The third kappa shape index (κ3) is 5.73. The van der Waals surface area contributed by atoms with Gasteiger partial charge in [0, 0.05) is 57.3 Å². The first kappa shape index (κ1) is 26.3. The molecule has 0 radical (unpaired) electrons. The Hall–Kier alpha value is -3.30. The van der Waals surface area contributed by atoms with Gasteiger partial charge in [-0.25, -0.2) is 9.59 Å². The summed E-state index contributed by atoms with van der Waals surface area (Å²) in [6.45, 7) is 9.71. The zero-order chi connectivity index (χ0) is 27.0. The van der Waals surface area contributed by atoms with Crippen LogP contribution in [-0.2, 0) is 16.6 Å². The number of imide groups is 1. The normalized spacial score (nSPS) is 20.3. The third-order valence-corrected chi connectivity index (χ3v) is 8.04. The zero-order valence-electron chi connectivity index (χ0n) is 23.0. The summed E-state index contributed by atoms with van der Waals surface area (Å²) in [4.78, 5) is 42.1. The van der Waals surface area contributed by atoms with Crippen LogP contribution in [0.2, 0.25) is 0 Å². The van der Waals surface area contributed by atoms with Crippen LogP contribution in [0.1, 0.15) is 59.3 Å². The average molecular weight is 525 g/mol. The molecule has 0 unspecified atom stereocenters. The molecule has 1 aromatic carbocycles. The van der Waals surface area contributed by atoms with Crippen molar-refractivity contribution in [2.24, 2.45) is 18.9 Å². The Balaban J connectivity index is 1.14. The largest absolute Gasteiger partial charge is 0.444 e. The van der Waals surface area contributed by atoms with Crippen LogP contribution in [-0.4, -0.2) is 71.0 Å². The molecule has 3 aliphatic rings. The lowest BCUT2D eigenvalue weighted by Gasteiger charge is -2.37. The first-order valence-corrected chi connectivity index (χ1v) is 13.9.